The van der Waals surface area contributed by atoms with Gasteiger partial charge in [-0.2, -0.15) is 0 Å². The minimum Gasteiger partial charge on any atom is -0.391 e. The van der Waals surface area contributed by atoms with Crippen molar-refractivity contribution in [2.45, 2.75) is 45.3 Å². The van der Waals surface area contributed by atoms with Crippen LogP contribution >= 0.6 is 0 Å². The van der Waals surface area contributed by atoms with E-state index in [2.05, 4.69) is 4.98 Å². The maximum atomic E-state index is 12.7. The van der Waals surface area contributed by atoms with Crippen molar-refractivity contribution in [1.82, 2.24) is 9.55 Å². The van der Waals surface area contributed by atoms with E-state index in [1.54, 1.807) is 6.07 Å². The minimum atomic E-state index is -0.501. The molecule has 0 spiro atoms. The molecule has 21 heavy (non-hydrogen) atoms. The predicted molar refractivity (Wildman–Crippen MR) is 79.8 cm³/mol. The summed E-state index contributed by atoms with van der Waals surface area (Å²) in [5, 5.41) is 10.4. The lowest BCUT2D eigenvalue weighted by Crippen LogP contribution is -2.29. The molecule has 1 fully saturated rings. The van der Waals surface area contributed by atoms with Gasteiger partial charge in [-0.3, -0.25) is 14.2 Å². The number of carbonyl (C=O) groups is 1. The number of aldehydes is 1. The fourth-order valence-corrected chi connectivity index (χ4v) is 3.17. The lowest BCUT2D eigenvalue weighted by Gasteiger charge is -2.18. The van der Waals surface area contributed by atoms with Gasteiger partial charge >= 0.3 is 0 Å². The molecule has 2 aromatic rings. The van der Waals surface area contributed by atoms with E-state index in [-0.39, 0.29) is 11.6 Å². The summed E-state index contributed by atoms with van der Waals surface area (Å²) in [6.45, 7) is 3.72. The maximum Gasteiger partial charge on any atom is 0.261 e. The topological polar surface area (TPSA) is 72.2 Å². The van der Waals surface area contributed by atoms with Crippen molar-refractivity contribution >= 4 is 17.2 Å². The highest BCUT2D eigenvalue weighted by Crippen LogP contribution is 2.29. The number of carbonyl (C=O) groups excluding carboxylic acids is 1. The third-order valence-corrected chi connectivity index (χ3v) is 4.61. The van der Waals surface area contributed by atoms with Gasteiger partial charge in [0.25, 0.3) is 5.56 Å². The van der Waals surface area contributed by atoms with Crippen LogP contribution < -0.4 is 5.56 Å². The number of aliphatic hydroxyl groups excluding tert-OH is 1. The van der Waals surface area contributed by atoms with Crippen molar-refractivity contribution in [2.24, 2.45) is 0 Å². The first-order chi connectivity index (χ1) is 10.0. The average molecular weight is 286 g/mol. The molecular weight excluding hydrogens is 268 g/mol. The van der Waals surface area contributed by atoms with E-state index in [4.69, 9.17) is 0 Å². The minimum absolute atomic E-state index is 0.183. The molecule has 1 saturated carbocycles. The molecule has 1 heterocycles. The molecule has 2 atom stereocenters. The fourth-order valence-electron chi connectivity index (χ4n) is 3.17. The third-order valence-electron chi connectivity index (χ3n) is 4.61. The van der Waals surface area contributed by atoms with E-state index < -0.39 is 6.10 Å². The summed E-state index contributed by atoms with van der Waals surface area (Å²) in [6, 6.07) is 1.40. The monoisotopic (exact) mass is 286 g/mol. The Bertz CT molecular complexity index is 779. The van der Waals surface area contributed by atoms with Crippen LogP contribution in [0.4, 0.5) is 0 Å². The highest BCUT2D eigenvalue weighted by atomic mass is 16.3. The molecule has 1 N–H and O–H groups in total. The van der Waals surface area contributed by atoms with E-state index in [1.807, 2.05) is 13.8 Å². The van der Waals surface area contributed by atoms with Crippen LogP contribution in [-0.4, -0.2) is 27.0 Å². The Morgan fingerprint density at radius 1 is 1.33 bits per heavy atom. The zero-order valence-corrected chi connectivity index (χ0v) is 12.2. The molecule has 3 rings (SSSR count). The van der Waals surface area contributed by atoms with Gasteiger partial charge in [-0.15, -0.1) is 0 Å². The molecule has 0 bridgehead atoms. The summed E-state index contributed by atoms with van der Waals surface area (Å²) < 4.78 is 1.52. The normalized spacial score (nSPS) is 21.9. The van der Waals surface area contributed by atoms with Crippen molar-refractivity contribution in [3.63, 3.8) is 0 Å². The second-order valence-corrected chi connectivity index (χ2v) is 5.75. The van der Waals surface area contributed by atoms with Crippen molar-refractivity contribution in [3.05, 3.63) is 39.4 Å². The van der Waals surface area contributed by atoms with Crippen molar-refractivity contribution in [2.75, 3.05) is 0 Å². The van der Waals surface area contributed by atoms with E-state index in [9.17, 15) is 14.7 Å². The number of hydrogen-bond donors (Lipinski definition) is 1. The van der Waals surface area contributed by atoms with Gasteiger partial charge in [0.1, 0.15) is 6.29 Å². The maximum absolute atomic E-state index is 12.7. The van der Waals surface area contributed by atoms with E-state index in [0.29, 0.717) is 22.9 Å². The molecule has 0 aliphatic heterocycles. The molecule has 5 nitrogen and oxygen atoms in total. The van der Waals surface area contributed by atoms with Gasteiger partial charge in [0.2, 0.25) is 0 Å². The van der Waals surface area contributed by atoms with Crippen molar-refractivity contribution in [3.8, 4) is 0 Å². The number of aromatic nitrogens is 2. The molecular formula is C16H18N2O3. The quantitative estimate of drug-likeness (QED) is 0.856. The van der Waals surface area contributed by atoms with Crippen LogP contribution in [0.25, 0.3) is 10.9 Å². The Balaban J connectivity index is 2.28. The van der Waals surface area contributed by atoms with Gasteiger partial charge in [0.15, 0.2) is 0 Å². The number of aliphatic hydroxyl groups is 1. The van der Waals surface area contributed by atoms with Crippen molar-refractivity contribution < 1.29 is 9.90 Å². The molecule has 1 aromatic heterocycles. The first kappa shape index (κ1) is 13.9. The Labute approximate surface area is 122 Å². The van der Waals surface area contributed by atoms with Gasteiger partial charge in [-0.05, 0) is 50.3 Å². The van der Waals surface area contributed by atoms with Crippen LogP contribution in [0.15, 0.2) is 17.2 Å². The zero-order chi connectivity index (χ0) is 15.1. The average Bonchev–Trinajstić information content (AvgIpc) is 2.89. The summed E-state index contributed by atoms with van der Waals surface area (Å²) in [4.78, 5) is 28.2. The summed E-state index contributed by atoms with van der Waals surface area (Å²) in [6.07, 6.45) is 4.18. The predicted octanol–water partition coefficient (Wildman–Crippen LogP) is 1.91. The number of fused-ring (bicyclic) bond motifs is 1. The largest absolute Gasteiger partial charge is 0.391 e. The van der Waals surface area contributed by atoms with Crippen LogP contribution in [-0.2, 0) is 0 Å². The third kappa shape index (κ3) is 2.08. The molecule has 0 unspecified atom stereocenters. The van der Waals surface area contributed by atoms with Crippen LogP contribution in [0, 0.1) is 13.8 Å². The standard InChI is InChI=1S/C16H18N2O3/c1-9-10(2)15-12(6-11(9)7-19)16(21)18(8-17-15)13-4-3-5-14(13)20/h6-8,13-14,20H,3-5H2,1-2H3/t13-,14-/m1/s1. The molecule has 5 heteroatoms. The first-order valence-electron chi connectivity index (χ1n) is 7.19. The summed E-state index contributed by atoms with van der Waals surface area (Å²) >= 11 is 0. The molecule has 1 aliphatic rings. The number of nitrogens with zero attached hydrogens (tertiary/aromatic N) is 2. The number of rotatable bonds is 2. The first-order valence-corrected chi connectivity index (χ1v) is 7.19. The second-order valence-electron chi connectivity index (χ2n) is 5.75. The molecule has 1 aromatic carbocycles. The van der Waals surface area contributed by atoms with Crippen LogP contribution in [0.1, 0.15) is 46.8 Å². The molecule has 1 aliphatic carbocycles. The Morgan fingerprint density at radius 3 is 2.71 bits per heavy atom. The lowest BCUT2D eigenvalue weighted by molar-refractivity contribution is 0.112. The SMILES string of the molecule is Cc1c(C=O)cc2c(=O)n([C@@H]3CCC[C@H]3O)cnc2c1C. The smallest absolute Gasteiger partial charge is 0.261 e. The molecule has 0 radical (unpaired) electrons. The van der Waals surface area contributed by atoms with E-state index >= 15 is 0 Å². The van der Waals surface area contributed by atoms with Crippen LogP contribution in [0.5, 0.6) is 0 Å². The summed E-state index contributed by atoms with van der Waals surface area (Å²) in [7, 11) is 0. The lowest BCUT2D eigenvalue weighted by atomic mass is 10.0. The number of hydrogen-bond acceptors (Lipinski definition) is 4. The Kier molecular flexibility index (Phi) is 3.37. The van der Waals surface area contributed by atoms with E-state index in [0.717, 1.165) is 30.3 Å². The molecule has 0 saturated heterocycles. The van der Waals surface area contributed by atoms with Crippen molar-refractivity contribution in [1.29, 1.82) is 0 Å². The summed E-state index contributed by atoms with van der Waals surface area (Å²) in [5.74, 6) is 0. The number of benzene rings is 1. The molecule has 110 valence electrons. The van der Waals surface area contributed by atoms with Gasteiger partial charge in [-0.25, -0.2) is 4.98 Å². The van der Waals surface area contributed by atoms with Gasteiger partial charge < -0.3 is 5.11 Å². The highest BCUT2D eigenvalue weighted by molar-refractivity contribution is 5.90. The van der Waals surface area contributed by atoms with Gasteiger partial charge in [0.05, 0.1) is 29.4 Å². The molecule has 0 amide bonds. The highest BCUT2D eigenvalue weighted by Gasteiger charge is 2.28. The van der Waals surface area contributed by atoms with Gasteiger partial charge in [-0.1, -0.05) is 0 Å². The zero-order valence-electron chi connectivity index (χ0n) is 12.2. The fraction of sp³-hybridized carbons (Fsp3) is 0.438. The summed E-state index contributed by atoms with van der Waals surface area (Å²) in [5.41, 5.74) is 2.67. The van der Waals surface area contributed by atoms with E-state index in [1.165, 1.54) is 10.9 Å². The number of aryl methyl sites for hydroxylation is 1. The van der Waals surface area contributed by atoms with Gasteiger partial charge in [0, 0.05) is 5.56 Å². The second kappa shape index (κ2) is 5.07. The Morgan fingerprint density at radius 2 is 2.10 bits per heavy atom. The Hall–Kier alpha value is -2.01. The van der Waals surface area contributed by atoms with Crippen LogP contribution in [0.3, 0.4) is 0 Å². The van der Waals surface area contributed by atoms with Crippen LogP contribution in [0.2, 0.25) is 0 Å².